The number of para-hydroxylation sites is 1. The predicted octanol–water partition coefficient (Wildman–Crippen LogP) is 1.36. The maximum Gasteiger partial charge on any atom is 0.228 e. The van der Waals surface area contributed by atoms with Crippen LogP contribution in [-0.2, 0) is 14.3 Å². The third-order valence-corrected chi connectivity index (χ3v) is 5.85. The summed E-state index contributed by atoms with van der Waals surface area (Å²) in [4.78, 5) is 31.5. The van der Waals surface area contributed by atoms with Gasteiger partial charge in [0, 0.05) is 64.1 Å². The van der Waals surface area contributed by atoms with E-state index in [2.05, 4.69) is 17.0 Å². The van der Waals surface area contributed by atoms with Crippen molar-refractivity contribution in [3.05, 3.63) is 30.3 Å². The summed E-state index contributed by atoms with van der Waals surface area (Å²) in [5.74, 6) is 0.118. The molecule has 26 heavy (non-hydrogen) atoms. The number of hydrogen-bond donors (Lipinski definition) is 0. The van der Waals surface area contributed by atoms with Gasteiger partial charge in [-0.2, -0.15) is 0 Å². The Kier molecular flexibility index (Phi) is 5.11. The molecule has 6 heteroatoms. The van der Waals surface area contributed by atoms with Crippen molar-refractivity contribution in [1.29, 1.82) is 0 Å². The molecule has 1 aromatic rings. The fourth-order valence-corrected chi connectivity index (χ4v) is 4.33. The monoisotopic (exact) mass is 357 g/mol. The molecule has 6 nitrogen and oxygen atoms in total. The maximum absolute atomic E-state index is 12.9. The average molecular weight is 357 g/mol. The lowest BCUT2D eigenvalue weighted by atomic mass is 10.1. The molecule has 3 aliphatic rings. The first-order chi connectivity index (χ1) is 12.7. The van der Waals surface area contributed by atoms with Crippen LogP contribution in [0.15, 0.2) is 30.3 Å². The normalized spacial score (nSPS) is 25.0. The van der Waals surface area contributed by atoms with Crippen molar-refractivity contribution < 1.29 is 14.3 Å². The van der Waals surface area contributed by atoms with Gasteiger partial charge in [-0.1, -0.05) is 18.2 Å². The second-order valence-electron chi connectivity index (χ2n) is 7.44. The highest BCUT2D eigenvalue weighted by atomic mass is 16.5. The molecule has 140 valence electrons. The van der Waals surface area contributed by atoms with Crippen LogP contribution in [0.2, 0.25) is 0 Å². The highest BCUT2D eigenvalue weighted by Gasteiger charge is 2.40. The smallest absolute Gasteiger partial charge is 0.228 e. The molecule has 4 rings (SSSR count). The van der Waals surface area contributed by atoms with Crippen molar-refractivity contribution in [3.8, 4) is 0 Å². The van der Waals surface area contributed by atoms with Gasteiger partial charge in [-0.15, -0.1) is 0 Å². The molecule has 3 saturated heterocycles. The summed E-state index contributed by atoms with van der Waals surface area (Å²) in [7, 11) is 0. The lowest BCUT2D eigenvalue weighted by Crippen LogP contribution is -2.51. The number of carbonyl (C=O) groups excluding carboxylic acids is 2. The van der Waals surface area contributed by atoms with E-state index >= 15 is 0 Å². The van der Waals surface area contributed by atoms with Gasteiger partial charge >= 0.3 is 0 Å². The number of carbonyl (C=O) groups is 2. The molecule has 0 unspecified atom stereocenters. The molecule has 3 aliphatic heterocycles. The van der Waals surface area contributed by atoms with E-state index < -0.39 is 0 Å². The van der Waals surface area contributed by atoms with Crippen molar-refractivity contribution in [2.24, 2.45) is 5.92 Å². The zero-order valence-electron chi connectivity index (χ0n) is 15.2. The van der Waals surface area contributed by atoms with E-state index in [1.54, 1.807) is 0 Å². The van der Waals surface area contributed by atoms with Gasteiger partial charge in [0.1, 0.15) is 0 Å². The number of amides is 2. The highest BCUT2D eigenvalue weighted by molar-refractivity contribution is 5.89. The summed E-state index contributed by atoms with van der Waals surface area (Å²) in [6.45, 7) is 5.18. The summed E-state index contributed by atoms with van der Waals surface area (Å²) in [5.41, 5.74) is 1.21. The first kappa shape index (κ1) is 17.3. The van der Waals surface area contributed by atoms with E-state index in [1.165, 1.54) is 5.69 Å². The number of ether oxygens (including phenoxy) is 1. The zero-order chi connectivity index (χ0) is 17.9. The molecule has 1 aromatic carbocycles. The molecule has 0 radical (unpaired) electrons. The predicted molar refractivity (Wildman–Crippen MR) is 98.9 cm³/mol. The Morgan fingerprint density at radius 2 is 1.69 bits per heavy atom. The SMILES string of the molecule is O=C([C@H]1CC(=O)N(C2CCOCC2)C1)N1CCN(c2ccccc2)CC1. The minimum atomic E-state index is -0.173. The third-order valence-electron chi connectivity index (χ3n) is 5.85. The molecular weight excluding hydrogens is 330 g/mol. The summed E-state index contributed by atoms with van der Waals surface area (Å²) >= 11 is 0. The van der Waals surface area contributed by atoms with Crippen molar-refractivity contribution in [3.63, 3.8) is 0 Å². The van der Waals surface area contributed by atoms with Crippen molar-refractivity contribution >= 4 is 17.5 Å². The van der Waals surface area contributed by atoms with Crippen LogP contribution >= 0.6 is 0 Å². The Balaban J connectivity index is 1.32. The number of hydrogen-bond acceptors (Lipinski definition) is 4. The largest absolute Gasteiger partial charge is 0.381 e. The fourth-order valence-electron chi connectivity index (χ4n) is 4.33. The van der Waals surface area contributed by atoms with Crippen molar-refractivity contribution in [1.82, 2.24) is 9.80 Å². The summed E-state index contributed by atoms with van der Waals surface area (Å²) < 4.78 is 5.39. The molecule has 0 aromatic heterocycles. The molecule has 1 atom stereocenters. The molecule has 3 heterocycles. The number of rotatable bonds is 3. The quantitative estimate of drug-likeness (QED) is 0.820. The standard InChI is InChI=1S/C20H27N3O3/c24-19-14-16(15-23(19)18-6-12-26-13-7-18)20(25)22-10-8-21(9-11-22)17-4-2-1-3-5-17/h1-5,16,18H,6-15H2/t16-/m0/s1. The number of likely N-dealkylation sites (tertiary alicyclic amines) is 1. The van der Waals surface area contributed by atoms with Gasteiger partial charge in [-0.3, -0.25) is 9.59 Å². The number of piperazine rings is 1. The first-order valence-electron chi connectivity index (χ1n) is 9.68. The van der Waals surface area contributed by atoms with Gasteiger partial charge in [-0.05, 0) is 25.0 Å². The molecule has 2 amide bonds. The number of benzene rings is 1. The van der Waals surface area contributed by atoms with E-state index in [-0.39, 0.29) is 23.8 Å². The van der Waals surface area contributed by atoms with Gasteiger partial charge in [0.15, 0.2) is 0 Å². The van der Waals surface area contributed by atoms with Crippen LogP contribution < -0.4 is 4.90 Å². The Morgan fingerprint density at radius 1 is 1.00 bits per heavy atom. The molecule has 0 saturated carbocycles. The fraction of sp³-hybridized carbons (Fsp3) is 0.600. The minimum Gasteiger partial charge on any atom is -0.381 e. The van der Waals surface area contributed by atoms with Crippen LogP contribution in [0.5, 0.6) is 0 Å². The lowest BCUT2D eigenvalue weighted by Gasteiger charge is -2.37. The van der Waals surface area contributed by atoms with E-state index in [4.69, 9.17) is 4.74 Å². The average Bonchev–Trinajstić information content (AvgIpc) is 3.10. The lowest BCUT2D eigenvalue weighted by molar-refractivity contribution is -0.136. The van der Waals surface area contributed by atoms with Gasteiger partial charge in [0.25, 0.3) is 0 Å². The second-order valence-corrected chi connectivity index (χ2v) is 7.44. The van der Waals surface area contributed by atoms with Crippen LogP contribution in [0, 0.1) is 5.92 Å². The molecule has 3 fully saturated rings. The Hall–Kier alpha value is -2.08. The van der Waals surface area contributed by atoms with Gasteiger partial charge in [0.05, 0.1) is 5.92 Å². The zero-order valence-corrected chi connectivity index (χ0v) is 15.2. The Labute approximate surface area is 154 Å². The minimum absolute atomic E-state index is 0.137. The van der Waals surface area contributed by atoms with Crippen LogP contribution in [0.25, 0.3) is 0 Å². The van der Waals surface area contributed by atoms with E-state index in [9.17, 15) is 9.59 Å². The number of anilines is 1. The number of nitrogens with zero attached hydrogens (tertiary/aromatic N) is 3. The van der Waals surface area contributed by atoms with E-state index in [1.807, 2.05) is 28.0 Å². The van der Waals surface area contributed by atoms with Gasteiger partial charge in [-0.25, -0.2) is 0 Å². The summed E-state index contributed by atoms with van der Waals surface area (Å²) in [6, 6.07) is 10.6. The Bertz CT molecular complexity index is 637. The molecule has 0 aliphatic carbocycles. The highest BCUT2D eigenvalue weighted by Crippen LogP contribution is 2.27. The Morgan fingerprint density at radius 3 is 2.38 bits per heavy atom. The van der Waals surface area contributed by atoms with Crippen LogP contribution in [0.3, 0.4) is 0 Å². The van der Waals surface area contributed by atoms with Gasteiger partial charge in [0.2, 0.25) is 11.8 Å². The van der Waals surface area contributed by atoms with Crippen LogP contribution in [0.4, 0.5) is 5.69 Å². The third kappa shape index (κ3) is 3.56. The second kappa shape index (κ2) is 7.66. The summed E-state index contributed by atoms with van der Waals surface area (Å²) in [6.07, 6.45) is 2.15. The molecule has 0 N–H and O–H groups in total. The van der Waals surface area contributed by atoms with Crippen LogP contribution in [0.1, 0.15) is 19.3 Å². The topological polar surface area (TPSA) is 53.1 Å². The molecular formula is C20H27N3O3. The van der Waals surface area contributed by atoms with Crippen molar-refractivity contribution in [2.75, 3.05) is 50.8 Å². The first-order valence-corrected chi connectivity index (χ1v) is 9.68. The summed E-state index contributed by atoms with van der Waals surface area (Å²) in [5, 5.41) is 0. The van der Waals surface area contributed by atoms with E-state index in [0.717, 1.165) is 39.0 Å². The maximum atomic E-state index is 12.9. The van der Waals surface area contributed by atoms with E-state index in [0.29, 0.717) is 26.2 Å². The van der Waals surface area contributed by atoms with Crippen molar-refractivity contribution in [2.45, 2.75) is 25.3 Å². The molecule has 0 bridgehead atoms. The van der Waals surface area contributed by atoms with Gasteiger partial charge < -0.3 is 19.4 Å². The van der Waals surface area contributed by atoms with Crippen LogP contribution in [-0.4, -0.2) is 73.6 Å². The molecule has 0 spiro atoms.